The van der Waals surface area contributed by atoms with Crippen molar-refractivity contribution in [3.63, 3.8) is 0 Å². The van der Waals surface area contributed by atoms with Crippen LogP contribution in [0.3, 0.4) is 0 Å². The van der Waals surface area contributed by atoms with Crippen LogP contribution in [0.2, 0.25) is 0 Å². The van der Waals surface area contributed by atoms with E-state index in [9.17, 15) is 0 Å². The van der Waals surface area contributed by atoms with E-state index in [1.807, 2.05) is 0 Å². The second kappa shape index (κ2) is 1.68. The van der Waals surface area contributed by atoms with Gasteiger partial charge in [-0.05, 0) is 6.92 Å². The summed E-state index contributed by atoms with van der Waals surface area (Å²) in [5.74, 6) is 0. The maximum Gasteiger partial charge on any atom is 0.0812 e. The Kier molecular flexibility index (Phi) is 1.84. The molecule has 2 heteroatoms. The van der Waals surface area contributed by atoms with Gasteiger partial charge in [-0.15, -0.1) is 0 Å². The third-order valence-electron chi connectivity index (χ3n) is 0. The average Bonchev–Trinajstić information content (AvgIpc) is 0.811. The Labute approximate surface area is 35.8 Å². The Hall–Kier alpha value is 0.380. The van der Waals surface area contributed by atoms with Crippen LogP contribution in [0.15, 0.2) is 0 Å². The van der Waals surface area contributed by atoms with Crippen molar-refractivity contribution in [3.05, 3.63) is 6.92 Å². The van der Waals surface area contributed by atoms with Gasteiger partial charge in [-0.1, -0.05) is 23.8 Å². The molecule has 0 aliphatic heterocycles. The van der Waals surface area contributed by atoms with Gasteiger partial charge in [-0.25, -0.2) is 0 Å². The van der Waals surface area contributed by atoms with Crippen molar-refractivity contribution < 1.29 is 0 Å². The molecule has 0 rings (SSSR count). The van der Waals surface area contributed by atoms with E-state index in [2.05, 4.69) is 19.1 Å². The Balaban J connectivity index is 2.80. The van der Waals surface area contributed by atoms with E-state index in [-0.39, 0.29) is 4.32 Å². The first-order chi connectivity index (χ1) is 1.73. The van der Waals surface area contributed by atoms with Crippen LogP contribution in [0.4, 0.5) is 0 Å². The molecule has 0 heterocycles. The number of thiocarbonyl (C=S) groups is 1. The Morgan fingerprint density at radius 1 is 2.00 bits per heavy atom. The molecular weight excluding hydrogens is 91.5 g/mol. The lowest BCUT2D eigenvalue weighted by molar-refractivity contribution is 2.71. The molecule has 0 spiro atoms. The van der Waals surface area contributed by atoms with Crippen LogP contribution in [0.5, 0.6) is 0 Å². The lowest BCUT2D eigenvalue weighted by Gasteiger charge is -1.56. The first-order valence-electron chi connectivity index (χ1n) is 0.747. The van der Waals surface area contributed by atoms with Gasteiger partial charge in [0.05, 0.1) is 4.32 Å². The predicted molar refractivity (Wildman–Crippen MR) is 23.8 cm³/mol. The minimum Gasteiger partial charge on any atom is -0.0765 e. The summed E-state index contributed by atoms with van der Waals surface area (Å²) < 4.78 is 0.222. The van der Waals surface area contributed by atoms with E-state index < -0.39 is 0 Å². The number of halogens is 1. The van der Waals surface area contributed by atoms with Gasteiger partial charge in [0.2, 0.25) is 0 Å². The first kappa shape index (κ1) is 4.38. The summed E-state index contributed by atoms with van der Waals surface area (Å²) in [6.07, 6.45) is 0. The number of hydrogen-bond donors (Lipinski definition) is 0. The van der Waals surface area contributed by atoms with Crippen molar-refractivity contribution >= 4 is 28.1 Å². The molecule has 0 N–H and O–H groups in total. The van der Waals surface area contributed by atoms with E-state index >= 15 is 0 Å². The molecule has 0 unspecified atom stereocenters. The molecule has 0 aliphatic rings. The molecule has 0 aromatic carbocycles. The summed E-state index contributed by atoms with van der Waals surface area (Å²) >= 11 is 9.09. The van der Waals surface area contributed by atoms with Crippen molar-refractivity contribution in [1.82, 2.24) is 0 Å². The van der Waals surface area contributed by atoms with Crippen molar-refractivity contribution in [2.24, 2.45) is 0 Å². The monoisotopic (exact) mass is 93.0 g/mol. The van der Waals surface area contributed by atoms with Crippen LogP contribution < -0.4 is 0 Å². The van der Waals surface area contributed by atoms with Crippen LogP contribution in [-0.4, -0.2) is 4.32 Å². The van der Waals surface area contributed by atoms with Gasteiger partial charge in [0.15, 0.2) is 0 Å². The molecule has 1 radical (unpaired) electrons. The zero-order chi connectivity index (χ0) is 3.58. The lowest BCUT2D eigenvalue weighted by Crippen LogP contribution is -1.56. The minimum atomic E-state index is 0.222. The van der Waals surface area contributed by atoms with Crippen LogP contribution in [-0.2, 0) is 0 Å². The molecule has 0 aromatic heterocycles. The quantitative estimate of drug-likeness (QED) is 0.322. The van der Waals surface area contributed by atoms with Crippen LogP contribution in [0.25, 0.3) is 0 Å². The zero-order valence-corrected chi connectivity index (χ0v) is 3.57. The molecule has 0 aliphatic carbocycles. The molecule has 0 bridgehead atoms. The third kappa shape index (κ3) is 31.4. The van der Waals surface area contributed by atoms with E-state index in [4.69, 9.17) is 11.6 Å². The lowest BCUT2D eigenvalue weighted by atomic mass is 11.0. The van der Waals surface area contributed by atoms with Crippen molar-refractivity contribution in [2.45, 2.75) is 0 Å². The van der Waals surface area contributed by atoms with Gasteiger partial charge >= 0.3 is 0 Å². The van der Waals surface area contributed by atoms with E-state index in [0.29, 0.717) is 0 Å². The highest BCUT2D eigenvalue weighted by atomic mass is 35.5. The van der Waals surface area contributed by atoms with Crippen LogP contribution in [0.1, 0.15) is 0 Å². The Morgan fingerprint density at radius 2 is 2.00 bits per heavy atom. The van der Waals surface area contributed by atoms with Gasteiger partial charge in [-0.3, -0.25) is 0 Å². The zero-order valence-electron chi connectivity index (χ0n) is 1.99. The fourth-order valence-corrected chi connectivity index (χ4v) is 0. The average molecular weight is 93.6 g/mol. The first-order valence-corrected chi connectivity index (χ1v) is 1.53. The van der Waals surface area contributed by atoms with E-state index in [1.165, 1.54) is 0 Å². The fraction of sp³-hybridized carbons (Fsp3) is 0. The smallest absolute Gasteiger partial charge is 0.0765 e. The van der Waals surface area contributed by atoms with Gasteiger partial charge < -0.3 is 0 Å². The standard InChI is InChI=1S/C2H2ClS/c1-2(3)4/h1H2. The topological polar surface area (TPSA) is 0 Å². The molecule has 4 heavy (non-hydrogen) atoms. The maximum absolute atomic E-state index is 4.90. The third-order valence-corrected chi connectivity index (χ3v) is 0. The van der Waals surface area contributed by atoms with Crippen molar-refractivity contribution in [1.29, 1.82) is 0 Å². The molecular formula is C2H2ClS. The second-order valence-corrected chi connectivity index (χ2v) is 1.53. The molecule has 0 atom stereocenters. The van der Waals surface area contributed by atoms with E-state index in [0.717, 1.165) is 0 Å². The van der Waals surface area contributed by atoms with Crippen LogP contribution >= 0.6 is 23.8 Å². The molecule has 0 amide bonds. The number of hydrogen-bond acceptors (Lipinski definition) is 1. The summed E-state index contributed by atoms with van der Waals surface area (Å²) in [6.45, 7) is 3.14. The minimum absolute atomic E-state index is 0.222. The molecule has 0 aromatic rings. The number of rotatable bonds is 0. The Bertz CT molecular complexity index is 29.0. The summed E-state index contributed by atoms with van der Waals surface area (Å²) in [6, 6.07) is 0. The summed E-state index contributed by atoms with van der Waals surface area (Å²) in [7, 11) is 0. The normalized spacial score (nSPS) is 6.50. The molecule has 0 saturated heterocycles. The predicted octanol–water partition coefficient (Wildman–Crippen LogP) is 1.39. The molecule has 23 valence electrons. The fourth-order valence-electron chi connectivity index (χ4n) is 0. The Morgan fingerprint density at radius 3 is 2.00 bits per heavy atom. The largest absolute Gasteiger partial charge is 0.0812 e. The second-order valence-electron chi connectivity index (χ2n) is 0.355. The van der Waals surface area contributed by atoms with Crippen molar-refractivity contribution in [2.75, 3.05) is 0 Å². The SMILES string of the molecule is [CH2]C(=S)Cl. The summed E-state index contributed by atoms with van der Waals surface area (Å²) in [4.78, 5) is 0. The highest BCUT2D eigenvalue weighted by molar-refractivity contribution is 7.83. The van der Waals surface area contributed by atoms with E-state index in [1.54, 1.807) is 0 Å². The highest BCUT2D eigenvalue weighted by Gasteiger charge is 1.60. The van der Waals surface area contributed by atoms with Gasteiger partial charge in [0.25, 0.3) is 0 Å². The van der Waals surface area contributed by atoms with Gasteiger partial charge in [-0.2, -0.15) is 0 Å². The molecule has 0 saturated carbocycles. The highest BCUT2D eigenvalue weighted by Crippen LogP contribution is 1.74. The molecule has 0 nitrogen and oxygen atoms in total. The summed E-state index contributed by atoms with van der Waals surface area (Å²) in [5, 5.41) is 0. The maximum atomic E-state index is 4.90. The van der Waals surface area contributed by atoms with Crippen molar-refractivity contribution in [3.8, 4) is 0 Å². The van der Waals surface area contributed by atoms with Crippen LogP contribution in [0, 0.1) is 6.92 Å². The van der Waals surface area contributed by atoms with Gasteiger partial charge in [0, 0.05) is 0 Å². The summed E-state index contributed by atoms with van der Waals surface area (Å²) in [5.41, 5.74) is 0. The van der Waals surface area contributed by atoms with Gasteiger partial charge in [0.1, 0.15) is 0 Å². The molecule has 0 fully saturated rings.